The van der Waals surface area contributed by atoms with E-state index in [1.807, 2.05) is 0 Å². The van der Waals surface area contributed by atoms with Gasteiger partial charge < -0.3 is 24.5 Å². The topological polar surface area (TPSA) is 92.5 Å². The number of nitrogens with zero attached hydrogens (tertiary/aromatic N) is 3. The van der Waals surface area contributed by atoms with Crippen LogP contribution in [-0.2, 0) is 19.8 Å². The minimum atomic E-state index is -1.06. The van der Waals surface area contributed by atoms with Crippen molar-refractivity contribution >= 4 is 23.8 Å². The Balaban J connectivity index is 1.30. The average molecular weight is 553 g/mol. The van der Waals surface area contributed by atoms with E-state index in [-0.39, 0.29) is 47.6 Å². The van der Waals surface area contributed by atoms with E-state index in [0.717, 1.165) is 0 Å². The molecular weight excluding hydrogens is 522 g/mol. The molecule has 0 radical (unpaired) electrons. The number of hydrogen-bond donors (Lipinski definition) is 1. The number of carbonyl (C=O) groups excluding carboxylic acids is 3. The van der Waals surface area contributed by atoms with Gasteiger partial charge in [-0.05, 0) is 56.7 Å². The molecular formula is C29H30F2N4O5. The van der Waals surface area contributed by atoms with E-state index in [9.17, 15) is 14.4 Å². The van der Waals surface area contributed by atoms with Gasteiger partial charge in [-0.1, -0.05) is 6.07 Å². The number of cyclic esters (lactones) is 1. The second-order valence-electron chi connectivity index (χ2n) is 11.4. The number of halogens is 2. The molecule has 3 fully saturated rings. The van der Waals surface area contributed by atoms with Crippen molar-refractivity contribution in [1.29, 1.82) is 0 Å². The highest BCUT2D eigenvalue weighted by molar-refractivity contribution is 5.90. The van der Waals surface area contributed by atoms with E-state index in [0.29, 0.717) is 18.7 Å². The summed E-state index contributed by atoms with van der Waals surface area (Å²) in [5, 5.41) is 2.59. The first-order valence-electron chi connectivity index (χ1n) is 13.0. The Labute approximate surface area is 230 Å². The summed E-state index contributed by atoms with van der Waals surface area (Å²) in [5.41, 5.74) is -0.745. The second-order valence-corrected chi connectivity index (χ2v) is 11.4. The smallest absolute Gasteiger partial charge is 0.414 e. The number of amides is 3. The predicted molar refractivity (Wildman–Crippen MR) is 141 cm³/mol. The Morgan fingerprint density at radius 1 is 1.12 bits per heavy atom. The van der Waals surface area contributed by atoms with Crippen LogP contribution >= 0.6 is 0 Å². The third-order valence-electron chi connectivity index (χ3n) is 7.61. The Bertz CT molecular complexity index is 1420. The van der Waals surface area contributed by atoms with Crippen LogP contribution < -0.4 is 10.2 Å². The van der Waals surface area contributed by atoms with Gasteiger partial charge in [0.05, 0.1) is 36.2 Å². The van der Waals surface area contributed by atoms with Gasteiger partial charge in [0.25, 0.3) is 5.54 Å². The molecule has 2 aromatic rings. The van der Waals surface area contributed by atoms with Gasteiger partial charge in [0.1, 0.15) is 23.3 Å². The third-order valence-corrected chi connectivity index (χ3v) is 7.61. The molecule has 1 N–H and O–H groups in total. The molecule has 2 aromatic carbocycles. The highest BCUT2D eigenvalue weighted by Gasteiger charge is 2.78. The molecule has 210 valence electrons. The molecule has 5 rings (SSSR count). The monoisotopic (exact) mass is 552 g/mol. The van der Waals surface area contributed by atoms with Crippen LogP contribution in [0.4, 0.5) is 24.1 Å². The number of benzene rings is 2. The van der Waals surface area contributed by atoms with Crippen LogP contribution in [-0.4, -0.2) is 60.9 Å². The molecule has 40 heavy (non-hydrogen) atoms. The van der Waals surface area contributed by atoms with E-state index in [1.54, 1.807) is 37.8 Å². The Hall–Kier alpha value is -4.20. The first kappa shape index (κ1) is 27.4. The maximum atomic E-state index is 15.5. The van der Waals surface area contributed by atoms with Crippen LogP contribution in [0.15, 0.2) is 36.4 Å². The number of anilines is 1. The second kappa shape index (κ2) is 9.77. The molecule has 2 aliphatic heterocycles. The lowest BCUT2D eigenvalue weighted by atomic mass is 9.95. The van der Waals surface area contributed by atoms with E-state index in [2.05, 4.69) is 10.2 Å². The van der Waals surface area contributed by atoms with Crippen LogP contribution in [0.1, 0.15) is 33.3 Å². The fourth-order valence-corrected chi connectivity index (χ4v) is 5.71. The van der Waals surface area contributed by atoms with Crippen LogP contribution in [0.3, 0.4) is 0 Å². The molecule has 3 aliphatic rings. The van der Waals surface area contributed by atoms with Crippen LogP contribution in [0.2, 0.25) is 0 Å². The number of likely N-dealkylation sites (tertiary alicyclic amines) is 1. The van der Waals surface area contributed by atoms with Gasteiger partial charge in [0, 0.05) is 25.6 Å². The van der Waals surface area contributed by atoms with Gasteiger partial charge in [0.2, 0.25) is 5.91 Å². The number of fused-ring (bicyclic) bond motifs is 1. The molecule has 4 atom stereocenters. The zero-order valence-electron chi connectivity index (χ0n) is 22.7. The molecule has 0 bridgehead atoms. The molecule has 1 saturated carbocycles. The molecule has 2 heterocycles. The van der Waals surface area contributed by atoms with Gasteiger partial charge in [-0.15, -0.1) is 0 Å². The SMILES string of the molecule is [C-]#[N+]C1(c2ccc(-c3ccc(N4C[C@H](CNC(C)=O)OC4=O)cc3F)cc2F)[C@@H]2CN(C(=O)OC(C)(C)C)C[C@@H]21. The number of nitrogens with one attached hydrogen (secondary N) is 1. The van der Waals surface area contributed by atoms with Crippen molar-refractivity contribution in [3.05, 3.63) is 65.0 Å². The van der Waals surface area contributed by atoms with E-state index < -0.39 is 41.1 Å². The lowest BCUT2D eigenvalue weighted by Gasteiger charge is -2.26. The Morgan fingerprint density at radius 2 is 1.82 bits per heavy atom. The van der Waals surface area contributed by atoms with Crippen molar-refractivity contribution in [2.45, 2.75) is 44.9 Å². The van der Waals surface area contributed by atoms with Crippen LogP contribution in [0, 0.1) is 30.0 Å². The van der Waals surface area contributed by atoms with E-state index in [1.165, 1.54) is 36.1 Å². The maximum Gasteiger partial charge on any atom is 0.414 e. The number of ether oxygens (including phenoxy) is 2. The molecule has 9 nitrogen and oxygen atoms in total. The van der Waals surface area contributed by atoms with E-state index in [4.69, 9.17) is 16.0 Å². The fourth-order valence-electron chi connectivity index (χ4n) is 5.71. The maximum absolute atomic E-state index is 15.5. The molecule has 2 saturated heterocycles. The van der Waals surface area contributed by atoms with Crippen molar-refractivity contribution in [2.75, 3.05) is 31.1 Å². The highest BCUT2D eigenvalue weighted by Crippen LogP contribution is 2.65. The zero-order chi connectivity index (χ0) is 29.0. The first-order valence-corrected chi connectivity index (χ1v) is 13.0. The van der Waals surface area contributed by atoms with Gasteiger partial charge in [0.15, 0.2) is 0 Å². The number of hydrogen-bond acceptors (Lipinski definition) is 5. The minimum Gasteiger partial charge on any atom is -0.444 e. The van der Waals surface area contributed by atoms with Crippen LogP contribution in [0.5, 0.6) is 0 Å². The van der Waals surface area contributed by atoms with Gasteiger partial charge in [-0.25, -0.2) is 24.9 Å². The lowest BCUT2D eigenvalue weighted by molar-refractivity contribution is -0.119. The van der Waals surface area contributed by atoms with Crippen molar-refractivity contribution in [3.8, 4) is 11.1 Å². The van der Waals surface area contributed by atoms with Crippen molar-refractivity contribution < 1.29 is 32.6 Å². The van der Waals surface area contributed by atoms with Crippen molar-refractivity contribution in [2.24, 2.45) is 11.8 Å². The number of carbonyl (C=O) groups is 3. The summed E-state index contributed by atoms with van der Waals surface area (Å²) in [4.78, 5) is 42.5. The van der Waals surface area contributed by atoms with Crippen LogP contribution in [0.25, 0.3) is 16.0 Å². The Kier molecular flexibility index (Phi) is 6.68. The van der Waals surface area contributed by atoms with Gasteiger partial charge >= 0.3 is 12.2 Å². The summed E-state index contributed by atoms with van der Waals surface area (Å²) >= 11 is 0. The molecule has 0 aromatic heterocycles. The zero-order valence-corrected chi connectivity index (χ0v) is 22.7. The predicted octanol–water partition coefficient (Wildman–Crippen LogP) is 4.70. The molecule has 0 spiro atoms. The average Bonchev–Trinajstić information content (AvgIpc) is 3.16. The summed E-state index contributed by atoms with van der Waals surface area (Å²) in [5.74, 6) is -1.93. The summed E-state index contributed by atoms with van der Waals surface area (Å²) in [6.45, 7) is 15.5. The quantitative estimate of drug-likeness (QED) is 0.543. The molecule has 1 aliphatic carbocycles. The molecule has 1 unspecified atom stereocenters. The summed E-state index contributed by atoms with van der Waals surface area (Å²) < 4.78 is 41.3. The number of piperidine rings is 1. The summed E-state index contributed by atoms with van der Waals surface area (Å²) in [7, 11) is 0. The third kappa shape index (κ3) is 4.83. The first-order chi connectivity index (χ1) is 18.8. The van der Waals surface area contributed by atoms with Crippen molar-refractivity contribution in [3.63, 3.8) is 0 Å². The molecule has 11 heteroatoms. The highest BCUT2D eigenvalue weighted by atomic mass is 19.1. The lowest BCUT2D eigenvalue weighted by Crippen LogP contribution is -2.38. The van der Waals surface area contributed by atoms with E-state index >= 15 is 8.78 Å². The normalized spacial score (nSPS) is 25.2. The molecule has 3 amide bonds. The summed E-state index contributed by atoms with van der Waals surface area (Å²) in [6, 6.07) is 8.51. The fraction of sp³-hybridized carbons (Fsp3) is 0.448. The van der Waals surface area contributed by atoms with Gasteiger partial charge in [-0.3, -0.25) is 9.69 Å². The van der Waals surface area contributed by atoms with Gasteiger partial charge in [-0.2, -0.15) is 0 Å². The standard InChI is InChI=1S/C29H30F2N4O5/c1-16(36)33-12-19-13-35(27(38)39-19)18-7-8-20(24(30)11-18)17-6-9-21(25(31)10-17)29(32-5)22-14-34(15-23(22)29)26(37)40-28(2,3)4/h6-11,19,22-23H,12-15H2,1-4H3,(H,33,36)/t19-,22-,23+,29?/m0/s1. The largest absolute Gasteiger partial charge is 0.444 e. The van der Waals surface area contributed by atoms with Crippen molar-refractivity contribution in [1.82, 2.24) is 10.2 Å². The summed E-state index contributed by atoms with van der Waals surface area (Å²) in [6.07, 6.45) is -1.66. The number of rotatable bonds is 5. The minimum absolute atomic E-state index is 0.139. The Morgan fingerprint density at radius 3 is 2.40 bits per heavy atom.